The number of nitrogens with two attached hydrogens (primary N) is 1. The average Bonchev–Trinajstić information content (AvgIpc) is 2.61. The van der Waals surface area contributed by atoms with Crippen LogP contribution in [0.2, 0.25) is 0 Å². The van der Waals surface area contributed by atoms with Gasteiger partial charge in [0.2, 0.25) is 5.95 Å². The second-order valence-electron chi connectivity index (χ2n) is 7.72. The molecule has 3 N–H and O–H groups in total. The summed E-state index contributed by atoms with van der Waals surface area (Å²) in [5.74, 6) is 0.749. The SMILES string of the molecule is CC(C)(C)C(=O)Oc1ccccc1-c1cc(C2CCCNC2)nc(N)n1. The number of carbonyl (C=O) groups excluding carboxylic acids is 1. The van der Waals surface area contributed by atoms with E-state index in [-0.39, 0.29) is 11.9 Å². The predicted molar refractivity (Wildman–Crippen MR) is 102 cm³/mol. The Labute approximate surface area is 154 Å². The topological polar surface area (TPSA) is 90.1 Å². The van der Waals surface area contributed by atoms with E-state index in [9.17, 15) is 4.79 Å². The molecule has 0 bridgehead atoms. The molecule has 0 radical (unpaired) electrons. The zero-order valence-corrected chi connectivity index (χ0v) is 15.6. The maximum Gasteiger partial charge on any atom is 0.316 e. The number of nitrogens with one attached hydrogen (secondary N) is 1. The lowest BCUT2D eigenvalue weighted by molar-refractivity contribution is -0.142. The van der Waals surface area contributed by atoms with Gasteiger partial charge in [0.1, 0.15) is 5.75 Å². The summed E-state index contributed by atoms with van der Waals surface area (Å²) in [6, 6.07) is 9.35. The summed E-state index contributed by atoms with van der Waals surface area (Å²) in [4.78, 5) is 21.1. The van der Waals surface area contributed by atoms with Crippen molar-refractivity contribution in [1.29, 1.82) is 0 Å². The minimum atomic E-state index is -0.587. The number of aromatic nitrogens is 2. The van der Waals surface area contributed by atoms with Gasteiger partial charge in [-0.2, -0.15) is 0 Å². The number of para-hydroxylation sites is 1. The number of carbonyl (C=O) groups is 1. The summed E-state index contributed by atoms with van der Waals surface area (Å²) in [6.45, 7) is 7.41. The highest BCUT2D eigenvalue weighted by Crippen LogP contribution is 2.33. The van der Waals surface area contributed by atoms with Crippen LogP contribution < -0.4 is 15.8 Å². The first-order valence-corrected chi connectivity index (χ1v) is 9.01. The van der Waals surface area contributed by atoms with Gasteiger partial charge in [-0.3, -0.25) is 4.79 Å². The van der Waals surface area contributed by atoms with Gasteiger partial charge in [0.15, 0.2) is 0 Å². The van der Waals surface area contributed by atoms with E-state index in [4.69, 9.17) is 10.5 Å². The number of benzene rings is 1. The summed E-state index contributed by atoms with van der Waals surface area (Å²) in [6.07, 6.45) is 2.19. The van der Waals surface area contributed by atoms with E-state index < -0.39 is 5.41 Å². The van der Waals surface area contributed by atoms with Crippen molar-refractivity contribution < 1.29 is 9.53 Å². The molecule has 1 fully saturated rings. The highest BCUT2D eigenvalue weighted by atomic mass is 16.5. The largest absolute Gasteiger partial charge is 0.425 e. The van der Waals surface area contributed by atoms with Gasteiger partial charge in [-0.15, -0.1) is 0 Å². The summed E-state index contributed by atoms with van der Waals surface area (Å²) < 4.78 is 5.64. The summed E-state index contributed by atoms with van der Waals surface area (Å²) >= 11 is 0. The van der Waals surface area contributed by atoms with Crippen molar-refractivity contribution in [3.05, 3.63) is 36.0 Å². The smallest absolute Gasteiger partial charge is 0.316 e. The van der Waals surface area contributed by atoms with Gasteiger partial charge in [-0.1, -0.05) is 12.1 Å². The molecule has 1 saturated heterocycles. The molecule has 1 atom stereocenters. The minimum Gasteiger partial charge on any atom is -0.425 e. The molecule has 6 nitrogen and oxygen atoms in total. The van der Waals surface area contributed by atoms with Crippen LogP contribution in [-0.4, -0.2) is 29.0 Å². The molecule has 0 amide bonds. The number of nitrogen functional groups attached to an aromatic ring is 1. The van der Waals surface area contributed by atoms with E-state index in [2.05, 4.69) is 15.3 Å². The first-order valence-electron chi connectivity index (χ1n) is 9.01. The number of ether oxygens (including phenoxy) is 1. The number of piperidine rings is 1. The van der Waals surface area contributed by atoms with Gasteiger partial charge >= 0.3 is 5.97 Å². The van der Waals surface area contributed by atoms with Crippen molar-refractivity contribution in [2.45, 2.75) is 39.5 Å². The summed E-state index contributed by atoms with van der Waals surface area (Å²) in [7, 11) is 0. The fourth-order valence-corrected chi connectivity index (χ4v) is 2.96. The second kappa shape index (κ2) is 7.41. The molecule has 3 rings (SSSR count). The Balaban J connectivity index is 1.96. The Kier molecular flexibility index (Phi) is 5.23. The average molecular weight is 354 g/mol. The quantitative estimate of drug-likeness (QED) is 0.650. The molecule has 0 spiro atoms. The van der Waals surface area contributed by atoms with Crippen LogP contribution in [0.15, 0.2) is 30.3 Å². The number of hydrogen-bond donors (Lipinski definition) is 2. The molecule has 2 aromatic rings. The highest BCUT2D eigenvalue weighted by molar-refractivity contribution is 5.80. The van der Waals surface area contributed by atoms with E-state index in [1.165, 1.54) is 0 Å². The Bertz CT molecular complexity index is 793. The molecule has 1 aromatic heterocycles. The Hall–Kier alpha value is -2.47. The Morgan fingerprint density at radius 1 is 1.27 bits per heavy atom. The first kappa shape index (κ1) is 18.3. The van der Waals surface area contributed by atoms with Crippen LogP contribution in [0.1, 0.15) is 45.2 Å². The molecule has 0 aliphatic carbocycles. The van der Waals surface area contributed by atoms with Gasteiger partial charge < -0.3 is 15.8 Å². The Morgan fingerprint density at radius 3 is 2.73 bits per heavy atom. The number of nitrogens with zero attached hydrogens (tertiary/aromatic N) is 2. The first-order chi connectivity index (χ1) is 12.3. The third kappa shape index (κ3) is 4.19. The molecule has 6 heteroatoms. The third-order valence-electron chi connectivity index (χ3n) is 4.46. The predicted octanol–water partition coefficient (Wildman–Crippen LogP) is 3.14. The molecular formula is C20H26N4O2. The van der Waals surface area contributed by atoms with Gasteiger partial charge in [0.25, 0.3) is 0 Å². The second-order valence-corrected chi connectivity index (χ2v) is 7.72. The van der Waals surface area contributed by atoms with Gasteiger partial charge in [-0.05, 0) is 58.4 Å². The van der Waals surface area contributed by atoms with Crippen molar-refractivity contribution >= 4 is 11.9 Å². The molecule has 138 valence electrons. The standard InChI is InChI=1S/C20H26N4O2/c1-20(2,3)18(25)26-17-9-5-4-8-14(17)16-11-15(23-19(21)24-16)13-7-6-10-22-12-13/h4-5,8-9,11,13,22H,6-7,10,12H2,1-3H3,(H2,21,23,24). The minimum absolute atomic E-state index is 0.236. The van der Waals surface area contributed by atoms with Gasteiger partial charge in [0.05, 0.1) is 16.8 Å². The summed E-state index contributed by atoms with van der Waals surface area (Å²) in [5, 5.41) is 3.40. The van der Waals surface area contributed by atoms with E-state index >= 15 is 0 Å². The van der Waals surface area contributed by atoms with Gasteiger partial charge in [0, 0.05) is 18.0 Å². The summed E-state index contributed by atoms with van der Waals surface area (Å²) in [5.41, 5.74) is 7.73. The number of rotatable bonds is 3. The van der Waals surface area contributed by atoms with Crippen molar-refractivity contribution in [3.8, 4) is 17.0 Å². The van der Waals surface area contributed by atoms with Crippen LogP contribution in [0.5, 0.6) is 5.75 Å². The third-order valence-corrected chi connectivity index (χ3v) is 4.46. The maximum absolute atomic E-state index is 12.3. The van der Waals surface area contributed by atoms with Crippen LogP contribution in [0.3, 0.4) is 0 Å². The zero-order chi connectivity index (χ0) is 18.7. The van der Waals surface area contributed by atoms with Crippen LogP contribution in [0.4, 0.5) is 5.95 Å². The molecule has 26 heavy (non-hydrogen) atoms. The molecule has 1 aromatic carbocycles. The van der Waals surface area contributed by atoms with Crippen molar-refractivity contribution in [3.63, 3.8) is 0 Å². The fraction of sp³-hybridized carbons (Fsp3) is 0.450. The zero-order valence-electron chi connectivity index (χ0n) is 15.6. The van der Waals surface area contributed by atoms with Gasteiger partial charge in [-0.25, -0.2) is 9.97 Å². The lowest BCUT2D eigenvalue weighted by Gasteiger charge is -2.23. The van der Waals surface area contributed by atoms with Crippen LogP contribution in [0, 0.1) is 5.41 Å². The lowest BCUT2D eigenvalue weighted by atomic mass is 9.95. The molecule has 1 aliphatic rings. The molecular weight excluding hydrogens is 328 g/mol. The number of hydrogen-bond acceptors (Lipinski definition) is 6. The van der Waals surface area contributed by atoms with E-state index in [0.29, 0.717) is 17.4 Å². The van der Waals surface area contributed by atoms with Crippen molar-refractivity contribution in [2.24, 2.45) is 5.41 Å². The molecule has 1 aliphatic heterocycles. The number of esters is 1. The highest BCUT2D eigenvalue weighted by Gasteiger charge is 2.25. The monoisotopic (exact) mass is 354 g/mol. The van der Waals surface area contributed by atoms with E-state index in [0.717, 1.165) is 37.2 Å². The van der Waals surface area contributed by atoms with Crippen molar-refractivity contribution in [1.82, 2.24) is 15.3 Å². The van der Waals surface area contributed by atoms with Crippen LogP contribution in [-0.2, 0) is 4.79 Å². The number of anilines is 1. The fourth-order valence-electron chi connectivity index (χ4n) is 2.96. The molecule has 0 saturated carbocycles. The molecule has 2 heterocycles. The molecule has 1 unspecified atom stereocenters. The van der Waals surface area contributed by atoms with Crippen molar-refractivity contribution in [2.75, 3.05) is 18.8 Å². The normalized spacial score (nSPS) is 17.7. The Morgan fingerprint density at radius 2 is 2.04 bits per heavy atom. The van der Waals surface area contributed by atoms with E-state index in [1.807, 2.05) is 45.0 Å². The van der Waals surface area contributed by atoms with E-state index in [1.54, 1.807) is 6.07 Å². The van der Waals surface area contributed by atoms with Crippen LogP contribution >= 0.6 is 0 Å². The van der Waals surface area contributed by atoms with Crippen LogP contribution in [0.25, 0.3) is 11.3 Å². The maximum atomic E-state index is 12.3. The lowest BCUT2D eigenvalue weighted by Crippen LogP contribution is -2.29.